The van der Waals surface area contributed by atoms with Crippen molar-refractivity contribution in [3.8, 4) is 0 Å². The first-order chi connectivity index (χ1) is 7.70. The van der Waals surface area contributed by atoms with E-state index in [1.165, 1.54) is 11.1 Å². The van der Waals surface area contributed by atoms with Crippen LogP contribution in [0.1, 0.15) is 24.2 Å². The topological polar surface area (TPSA) is 30.5 Å². The van der Waals surface area contributed by atoms with Gasteiger partial charge in [0.15, 0.2) is 0 Å². The summed E-state index contributed by atoms with van der Waals surface area (Å²) in [4.78, 5) is 0. The molecule has 1 aromatic rings. The molecule has 0 saturated carbocycles. The van der Waals surface area contributed by atoms with Gasteiger partial charge in [-0.2, -0.15) is 0 Å². The maximum Gasteiger partial charge on any atom is 0.108 e. The van der Waals surface area contributed by atoms with E-state index in [-0.39, 0.29) is 12.2 Å². The van der Waals surface area contributed by atoms with Crippen LogP contribution in [0.5, 0.6) is 0 Å². The van der Waals surface area contributed by atoms with Crippen molar-refractivity contribution in [2.45, 2.75) is 26.1 Å². The summed E-state index contributed by atoms with van der Waals surface area (Å²) in [5.74, 6) is 0. The predicted molar refractivity (Wildman–Crippen MR) is 65.4 cm³/mol. The van der Waals surface area contributed by atoms with E-state index < -0.39 is 0 Å². The van der Waals surface area contributed by atoms with Gasteiger partial charge in [0.25, 0.3) is 0 Å². The van der Waals surface area contributed by atoms with E-state index >= 15 is 0 Å². The predicted octanol–water partition coefficient (Wildman–Crippen LogP) is 2.26. The molecule has 16 heavy (non-hydrogen) atoms. The Morgan fingerprint density at radius 1 is 1.31 bits per heavy atom. The highest BCUT2D eigenvalue weighted by molar-refractivity contribution is 5.28. The monoisotopic (exact) mass is 223 g/mol. The van der Waals surface area contributed by atoms with Crippen LogP contribution in [0.15, 0.2) is 24.3 Å². The van der Waals surface area contributed by atoms with Crippen molar-refractivity contribution in [1.29, 1.82) is 0 Å². The van der Waals surface area contributed by atoms with Gasteiger partial charge in [0.2, 0.25) is 0 Å². The molecule has 0 saturated heterocycles. The second-order valence-electron chi connectivity index (χ2n) is 3.88. The lowest BCUT2D eigenvalue weighted by molar-refractivity contribution is -0.0531. The van der Waals surface area contributed by atoms with Crippen molar-refractivity contribution < 1.29 is 9.47 Å². The molecule has 0 amide bonds. The molecule has 1 rings (SSSR count). The van der Waals surface area contributed by atoms with E-state index in [1.807, 2.05) is 26.1 Å². The van der Waals surface area contributed by atoms with E-state index in [0.29, 0.717) is 6.73 Å². The molecule has 0 fully saturated rings. The summed E-state index contributed by atoms with van der Waals surface area (Å²) in [7, 11) is 3.58. The minimum Gasteiger partial charge on any atom is -0.374 e. The quantitative estimate of drug-likeness (QED) is 0.750. The van der Waals surface area contributed by atoms with Gasteiger partial charge in [-0.1, -0.05) is 24.3 Å². The fourth-order valence-electron chi connectivity index (χ4n) is 1.78. The molecule has 1 aromatic carbocycles. The van der Waals surface area contributed by atoms with Crippen molar-refractivity contribution in [3.63, 3.8) is 0 Å². The van der Waals surface area contributed by atoms with Crippen LogP contribution in [0, 0.1) is 6.92 Å². The van der Waals surface area contributed by atoms with Gasteiger partial charge in [0, 0.05) is 7.11 Å². The fourth-order valence-corrected chi connectivity index (χ4v) is 1.78. The zero-order valence-corrected chi connectivity index (χ0v) is 10.5. The molecule has 2 atom stereocenters. The summed E-state index contributed by atoms with van der Waals surface area (Å²) in [5.41, 5.74) is 2.42. The summed E-state index contributed by atoms with van der Waals surface area (Å²) in [6, 6.07) is 8.23. The Kier molecular flexibility index (Phi) is 5.46. The van der Waals surface area contributed by atoms with Crippen molar-refractivity contribution in [3.05, 3.63) is 35.4 Å². The first-order valence-corrected chi connectivity index (χ1v) is 5.55. The van der Waals surface area contributed by atoms with Gasteiger partial charge < -0.3 is 9.47 Å². The molecule has 0 heterocycles. The fraction of sp³-hybridized carbons (Fsp3) is 0.538. The van der Waals surface area contributed by atoms with Crippen LogP contribution in [-0.4, -0.2) is 27.0 Å². The van der Waals surface area contributed by atoms with E-state index in [9.17, 15) is 0 Å². The molecule has 0 radical (unpaired) electrons. The summed E-state index contributed by atoms with van der Waals surface area (Å²) in [5, 5.41) is 2.97. The molecule has 3 heteroatoms. The summed E-state index contributed by atoms with van der Waals surface area (Å²) in [6.07, 6.45) is 0.00750. The molecule has 1 N–H and O–H groups in total. The molecule has 0 aromatic heterocycles. The third kappa shape index (κ3) is 3.30. The van der Waals surface area contributed by atoms with Crippen molar-refractivity contribution in [1.82, 2.24) is 5.32 Å². The number of methoxy groups -OCH3 is 1. The van der Waals surface area contributed by atoms with Crippen LogP contribution in [0.25, 0.3) is 0 Å². The van der Waals surface area contributed by atoms with Crippen LogP contribution in [0.2, 0.25) is 0 Å². The second kappa shape index (κ2) is 6.63. The average Bonchev–Trinajstić information content (AvgIpc) is 2.30. The van der Waals surface area contributed by atoms with Crippen LogP contribution in [0.3, 0.4) is 0 Å². The van der Waals surface area contributed by atoms with Crippen LogP contribution in [0.4, 0.5) is 0 Å². The lowest BCUT2D eigenvalue weighted by atomic mass is 10.00. The number of benzene rings is 1. The average molecular weight is 223 g/mol. The van der Waals surface area contributed by atoms with Crippen molar-refractivity contribution in [2.75, 3.05) is 20.9 Å². The molecule has 0 bridgehead atoms. The minimum absolute atomic E-state index is 0.0189. The Balaban J connectivity index is 2.77. The van der Waals surface area contributed by atoms with Gasteiger partial charge in [0.05, 0.1) is 12.8 Å². The molecule has 2 unspecified atom stereocenters. The second-order valence-corrected chi connectivity index (χ2v) is 3.88. The first-order valence-electron chi connectivity index (χ1n) is 5.55. The largest absolute Gasteiger partial charge is 0.374 e. The minimum atomic E-state index is -0.0189. The van der Waals surface area contributed by atoms with Gasteiger partial charge in [-0.3, -0.25) is 5.32 Å². The summed E-state index contributed by atoms with van der Waals surface area (Å²) >= 11 is 0. The highest BCUT2D eigenvalue weighted by Crippen LogP contribution is 2.25. The number of ether oxygens (including phenoxy) is 2. The van der Waals surface area contributed by atoms with Crippen LogP contribution < -0.4 is 5.32 Å². The van der Waals surface area contributed by atoms with Gasteiger partial charge in [0.1, 0.15) is 6.10 Å². The number of rotatable bonds is 6. The Morgan fingerprint density at radius 3 is 2.56 bits per heavy atom. The SMILES string of the molecule is CNCOC(C)C(OC)c1ccccc1C. The van der Waals surface area contributed by atoms with E-state index in [2.05, 4.69) is 24.4 Å². The highest BCUT2D eigenvalue weighted by Gasteiger charge is 2.20. The van der Waals surface area contributed by atoms with E-state index in [0.717, 1.165) is 0 Å². The third-order valence-electron chi connectivity index (χ3n) is 2.67. The van der Waals surface area contributed by atoms with Crippen LogP contribution in [-0.2, 0) is 9.47 Å². The number of nitrogens with one attached hydrogen (secondary N) is 1. The zero-order valence-electron chi connectivity index (χ0n) is 10.5. The van der Waals surface area contributed by atoms with Crippen LogP contribution >= 0.6 is 0 Å². The molecule has 3 nitrogen and oxygen atoms in total. The van der Waals surface area contributed by atoms with Crippen molar-refractivity contribution in [2.24, 2.45) is 0 Å². The standard InChI is InChI=1S/C13H21NO2/c1-10-7-5-6-8-12(10)13(15-4)11(2)16-9-14-3/h5-8,11,13-14H,9H2,1-4H3. The third-order valence-corrected chi connectivity index (χ3v) is 2.67. The maximum atomic E-state index is 5.62. The molecular formula is C13H21NO2. The maximum absolute atomic E-state index is 5.62. The molecule has 0 aliphatic rings. The summed E-state index contributed by atoms with van der Waals surface area (Å²) < 4.78 is 11.1. The normalized spacial score (nSPS) is 14.8. The van der Waals surface area contributed by atoms with Gasteiger partial charge >= 0.3 is 0 Å². The Labute approximate surface area is 97.8 Å². The first kappa shape index (κ1) is 13.2. The molecule has 0 spiro atoms. The number of hydrogen-bond donors (Lipinski definition) is 1. The van der Waals surface area contributed by atoms with Gasteiger partial charge in [-0.25, -0.2) is 0 Å². The lowest BCUT2D eigenvalue weighted by Gasteiger charge is -2.24. The Hall–Kier alpha value is -0.900. The molecule has 0 aliphatic carbocycles. The van der Waals surface area contributed by atoms with Gasteiger partial charge in [-0.15, -0.1) is 0 Å². The summed E-state index contributed by atoms with van der Waals surface area (Å²) in [6.45, 7) is 4.65. The smallest absolute Gasteiger partial charge is 0.108 e. The Bertz CT molecular complexity index is 315. The Morgan fingerprint density at radius 2 is 2.00 bits per heavy atom. The molecule has 90 valence electrons. The number of aryl methyl sites for hydroxylation is 1. The highest BCUT2D eigenvalue weighted by atomic mass is 16.5. The van der Waals surface area contributed by atoms with Crippen molar-refractivity contribution >= 4 is 0 Å². The van der Waals surface area contributed by atoms with E-state index in [1.54, 1.807) is 7.11 Å². The number of hydrogen-bond acceptors (Lipinski definition) is 3. The van der Waals surface area contributed by atoms with E-state index in [4.69, 9.17) is 9.47 Å². The molecule has 0 aliphatic heterocycles. The van der Waals surface area contributed by atoms with Gasteiger partial charge in [-0.05, 0) is 32.0 Å². The lowest BCUT2D eigenvalue weighted by Crippen LogP contribution is -2.25. The molecular weight excluding hydrogens is 202 g/mol. The zero-order chi connectivity index (χ0) is 12.0.